The fraction of sp³-hybridized carbons (Fsp3) is 0.933. The summed E-state index contributed by atoms with van der Waals surface area (Å²) in [6, 6.07) is 0.904. The highest BCUT2D eigenvalue weighted by Crippen LogP contribution is 2.27. The first-order valence-electron chi connectivity index (χ1n) is 7.59. The molecule has 1 aliphatic heterocycles. The van der Waals surface area contributed by atoms with Crippen LogP contribution >= 0.6 is 0 Å². The van der Waals surface area contributed by atoms with E-state index in [1.807, 2.05) is 0 Å². The Morgan fingerprint density at radius 1 is 1.37 bits per heavy atom. The van der Waals surface area contributed by atoms with E-state index in [2.05, 4.69) is 31.0 Å². The number of esters is 1. The molecule has 0 bridgehead atoms. The molecule has 0 radical (unpaired) electrons. The lowest BCUT2D eigenvalue weighted by atomic mass is 9.86. The maximum Gasteiger partial charge on any atom is 0.324 e. The maximum atomic E-state index is 11.9. The highest BCUT2D eigenvalue weighted by molar-refractivity contribution is 5.76. The lowest BCUT2D eigenvalue weighted by Crippen LogP contribution is -2.54. The highest BCUT2D eigenvalue weighted by Gasteiger charge is 2.34. The molecular formula is C15H28N2O2. The van der Waals surface area contributed by atoms with E-state index in [0.29, 0.717) is 23.9 Å². The minimum absolute atomic E-state index is 0.120. The SMILES string of the molecule is COC(=O)C(CN1CC(C)CC(C)C1C)NC1CC1. The van der Waals surface area contributed by atoms with Gasteiger partial charge in [-0.15, -0.1) is 0 Å². The molecule has 0 amide bonds. The number of likely N-dealkylation sites (tertiary alicyclic amines) is 1. The topological polar surface area (TPSA) is 41.6 Å². The summed E-state index contributed by atoms with van der Waals surface area (Å²) in [5.74, 6) is 1.29. The number of methoxy groups -OCH3 is 1. The zero-order chi connectivity index (χ0) is 14.0. The van der Waals surface area contributed by atoms with Crippen LogP contribution in [0.5, 0.6) is 0 Å². The van der Waals surface area contributed by atoms with E-state index < -0.39 is 0 Å². The fourth-order valence-electron chi connectivity index (χ4n) is 3.18. The summed E-state index contributed by atoms with van der Waals surface area (Å²) in [5.41, 5.74) is 0. The first-order chi connectivity index (χ1) is 9.01. The average molecular weight is 268 g/mol. The second-order valence-corrected chi connectivity index (χ2v) is 6.53. The van der Waals surface area contributed by atoms with Crippen molar-refractivity contribution in [1.29, 1.82) is 0 Å². The number of nitrogens with zero attached hydrogens (tertiary/aromatic N) is 1. The van der Waals surface area contributed by atoms with Crippen molar-refractivity contribution in [3.63, 3.8) is 0 Å². The Morgan fingerprint density at radius 3 is 2.63 bits per heavy atom. The van der Waals surface area contributed by atoms with Gasteiger partial charge in [0.05, 0.1) is 7.11 Å². The zero-order valence-electron chi connectivity index (χ0n) is 12.7. The Balaban J connectivity index is 1.95. The van der Waals surface area contributed by atoms with Gasteiger partial charge < -0.3 is 10.1 Å². The Labute approximate surface area is 116 Å². The van der Waals surface area contributed by atoms with Crippen molar-refractivity contribution < 1.29 is 9.53 Å². The van der Waals surface area contributed by atoms with Crippen LogP contribution in [0.15, 0.2) is 0 Å². The molecule has 2 fully saturated rings. The zero-order valence-corrected chi connectivity index (χ0v) is 12.7. The van der Waals surface area contributed by atoms with Crippen molar-refractivity contribution in [3.8, 4) is 0 Å². The van der Waals surface area contributed by atoms with Gasteiger partial charge in [0.25, 0.3) is 0 Å². The molecule has 2 rings (SSSR count). The van der Waals surface area contributed by atoms with Gasteiger partial charge in [0, 0.05) is 25.2 Å². The fourth-order valence-corrected chi connectivity index (χ4v) is 3.18. The minimum Gasteiger partial charge on any atom is -0.468 e. The van der Waals surface area contributed by atoms with Crippen LogP contribution < -0.4 is 5.32 Å². The Kier molecular flexibility index (Phi) is 4.85. The third-order valence-electron chi connectivity index (χ3n) is 4.64. The lowest BCUT2D eigenvalue weighted by Gasteiger charge is -2.42. The lowest BCUT2D eigenvalue weighted by molar-refractivity contribution is -0.144. The number of hydrogen-bond donors (Lipinski definition) is 1. The molecule has 4 atom stereocenters. The van der Waals surface area contributed by atoms with Gasteiger partial charge in [0.2, 0.25) is 0 Å². The second-order valence-electron chi connectivity index (χ2n) is 6.53. The standard InChI is InChI=1S/C15H28N2O2/c1-10-7-11(2)12(3)17(8-10)9-14(15(18)19-4)16-13-5-6-13/h10-14,16H,5-9H2,1-4H3. The van der Waals surface area contributed by atoms with Crippen LogP contribution in [0.2, 0.25) is 0 Å². The molecule has 2 aliphatic rings. The third-order valence-corrected chi connectivity index (χ3v) is 4.64. The summed E-state index contributed by atoms with van der Waals surface area (Å²) in [5, 5.41) is 3.42. The van der Waals surface area contributed by atoms with Gasteiger partial charge in [-0.1, -0.05) is 13.8 Å². The highest BCUT2D eigenvalue weighted by atomic mass is 16.5. The number of ether oxygens (including phenoxy) is 1. The number of piperidine rings is 1. The molecule has 0 aromatic rings. The van der Waals surface area contributed by atoms with Gasteiger partial charge in [0.1, 0.15) is 6.04 Å². The first-order valence-corrected chi connectivity index (χ1v) is 7.59. The van der Waals surface area contributed by atoms with Crippen LogP contribution in [0.25, 0.3) is 0 Å². The van der Waals surface area contributed by atoms with Crippen molar-refractivity contribution in [2.75, 3.05) is 20.2 Å². The molecule has 1 N–H and O–H groups in total. The average Bonchev–Trinajstić information content (AvgIpc) is 3.17. The van der Waals surface area contributed by atoms with Crippen LogP contribution in [0.1, 0.15) is 40.0 Å². The largest absolute Gasteiger partial charge is 0.468 e. The van der Waals surface area contributed by atoms with E-state index in [4.69, 9.17) is 4.74 Å². The predicted octanol–water partition coefficient (Wildman–Crippen LogP) is 1.65. The summed E-state index contributed by atoms with van der Waals surface area (Å²) in [4.78, 5) is 14.4. The van der Waals surface area contributed by atoms with Crippen molar-refractivity contribution in [2.24, 2.45) is 11.8 Å². The number of carbonyl (C=O) groups excluding carboxylic acids is 1. The molecule has 1 saturated carbocycles. The van der Waals surface area contributed by atoms with E-state index in [0.717, 1.165) is 13.1 Å². The molecule has 0 aromatic carbocycles. The van der Waals surface area contributed by atoms with Crippen molar-refractivity contribution in [2.45, 2.75) is 58.2 Å². The molecule has 1 heterocycles. The monoisotopic (exact) mass is 268 g/mol. The van der Waals surface area contributed by atoms with Crippen molar-refractivity contribution in [1.82, 2.24) is 10.2 Å². The Bertz CT molecular complexity index is 317. The Hall–Kier alpha value is -0.610. The van der Waals surface area contributed by atoms with Crippen LogP contribution in [0, 0.1) is 11.8 Å². The summed E-state index contributed by atoms with van der Waals surface area (Å²) in [6.07, 6.45) is 3.67. The molecule has 19 heavy (non-hydrogen) atoms. The van der Waals surface area contributed by atoms with Crippen LogP contribution in [-0.4, -0.2) is 49.2 Å². The molecule has 0 aromatic heterocycles. The third kappa shape index (κ3) is 3.93. The van der Waals surface area contributed by atoms with Crippen LogP contribution in [-0.2, 0) is 9.53 Å². The van der Waals surface area contributed by atoms with Gasteiger partial charge in [-0.2, -0.15) is 0 Å². The van der Waals surface area contributed by atoms with Crippen LogP contribution in [0.3, 0.4) is 0 Å². The van der Waals surface area contributed by atoms with E-state index in [9.17, 15) is 4.79 Å². The molecular weight excluding hydrogens is 240 g/mol. The summed E-state index contributed by atoms with van der Waals surface area (Å²) in [7, 11) is 1.48. The molecule has 1 saturated heterocycles. The molecule has 4 heteroatoms. The first kappa shape index (κ1) is 14.8. The molecule has 4 nitrogen and oxygen atoms in total. The minimum atomic E-state index is -0.169. The van der Waals surface area contributed by atoms with E-state index in [1.165, 1.54) is 26.4 Å². The van der Waals surface area contributed by atoms with Gasteiger partial charge >= 0.3 is 5.97 Å². The smallest absolute Gasteiger partial charge is 0.324 e. The molecule has 0 spiro atoms. The van der Waals surface area contributed by atoms with E-state index >= 15 is 0 Å². The van der Waals surface area contributed by atoms with Crippen molar-refractivity contribution >= 4 is 5.97 Å². The number of carbonyl (C=O) groups is 1. The molecule has 4 unspecified atom stereocenters. The maximum absolute atomic E-state index is 11.9. The second kappa shape index (κ2) is 6.23. The van der Waals surface area contributed by atoms with Crippen LogP contribution in [0.4, 0.5) is 0 Å². The number of rotatable bonds is 5. The van der Waals surface area contributed by atoms with Gasteiger partial charge in [0.15, 0.2) is 0 Å². The van der Waals surface area contributed by atoms with Gasteiger partial charge in [-0.05, 0) is 38.0 Å². The van der Waals surface area contributed by atoms with Gasteiger partial charge in [-0.25, -0.2) is 0 Å². The predicted molar refractivity (Wildman–Crippen MR) is 75.9 cm³/mol. The normalized spacial score (nSPS) is 34.0. The van der Waals surface area contributed by atoms with E-state index in [-0.39, 0.29) is 12.0 Å². The van der Waals surface area contributed by atoms with Gasteiger partial charge in [-0.3, -0.25) is 9.69 Å². The molecule has 110 valence electrons. The quantitative estimate of drug-likeness (QED) is 0.770. The molecule has 1 aliphatic carbocycles. The number of hydrogen-bond acceptors (Lipinski definition) is 4. The van der Waals surface area contributed by atoms with Crippen molar-refractivity contribution in [3.05, 3.63) is 0 Å². The summed E-state index contributed by atoms with van der Waals surface area (Å²) >= 11 is 0. The van der Waals surface area contributed by atoms with E-state index in [1.54, 1.807) is 0 Å². The summed E-state index contributed by atoms with van der Waals surface area (Å²) in [6.45, 7) is 8.76. The number of nitrogens with one attached hydrogen (secondary N) is 1. The summed E-state index contributed by atoms with van der Waals surface area (Å²) < 4.78 is 4.94. The Morgan fingerprint density at radius 2 is 2.05 bits per heavy atom.